The molecular formula is C14H22N4O2. The van der Waals surface area contributed by atoms with Gasteiger partial charge in [0.2, 0.25) is 0 Å². The van der Waals surface area contributed by atoms with E-state index in [1.165, 1.54) is 20.0 Å². The van der Waals surface area contributed by atoms with E-state index in [0.29, 0.717) is 17.1 Å². The monoisotopic (exact) mass is 278 g/mol. The third kappa shape index (κ3) is 3.39. The molecule has 1 aliphatic heterocycles. The van der Waals surface area contributed by atoms with Gasteiger partial charge in [-0.25, -0.2) is 9.78 Å². The fourth-order valence-corrected chi connectivity index (χ4v) is 2.51. The highest BCUT2D eigenvalue weighted by molar-refractivity contribution is 5.97. The molecule has 110 valence electrons. The van der Waals surface area contributed by atoms with Crippen LogP contribution in [0.15, 0.2) is 12.3 Å². The average Bonchev–Trinajstić information content (AvgIpc) is 2.93. The average molecular weight is 278 g/mol. The first-order valence-electron chi connectivity index (χ1n) is 6.93. The summed E-state index contributed by atoms with van der Waals surface area (Å²) in [4.78, 5) is 18.2. The smallest absolute Gasteiger partial charge is 0.340 e. The molecule has 2 rings (SSSR count). The first kappa shape index (κ1) is 14.6. The van der Waals surface area contributed by atoms with Gasteiger partial charge >= 0.3 is 5.97 Å². The summed E-state index contributed by atoms with van der Waals surface area (Å²) in [5.74, 6) is 0.0970. The van der Waals surface area contributed by atoms with Crippen LogP contribution in [0.2, 0.25) is 0 Å². The van der Waals surface area contributed by atoms with Crippen molar-refractivity contribution in [2.45, 2.75) is 25.8 Å². The van der Waals surface area contributed by atoms with Crippen LogP contribution in [-0.2, 0) is 4.74 Å². The number of esters is 1. The zero-order chi connectivity index (χ0) is 14.5. The van der Waals surface area contributed by atoms with Gasteiger partial charge in [0.25, 0.3) is 0 Å². The Labute approximate surface area is 119 Å². The predicted octanol–water partition coefficient (Wildman–Crippen LogP) is 1.35. The van der Waals surface area contributed by atoms with E-state index < -0.39 is 5.97 Å². The highest BCUT2D eigenvalue weighted by Gasteiger charge is 2.18. The Morgan fingerprint density at radius 2 is 2.25 bits per heavy atom. The molecule has 20 heavy (non-hydrogen) atoms. The number of carbonyl (C=O) groups excluding carboxylic acids is 1. The molecule has 1 aromatic heterocycles. The molecule has 0 spiro atoms. The van der Waals surface area contributed by atoms with Crippen molar-refractivity contribution in [1.82, 2.24) is 9.88 Å². The van der Waals surface area contributed by atoms with E-state index in [1.54, 1.807) is 12.3 Å². The number of carbonyl (C=O) groups is 1. The number of pyridine rings is 1. The normalized spacial score (nSPS) is 16.9. The van der Waals surface area contributed by atoms with Crippen LogP contribution in [0, 0.1) is 0 Å². The van der Waals surface area contributed by atoms with E-state index in [2.05, 4.69) is 22.1 Å². The highest BCUT2D eigenvalue weighted by atomic mass is 16.5. The van der Waals surface area contributed by atoms with Crippen molar-refractivity contribution in [3.05, 3.63) is 17.8 Å². The lowest BCUT2D eigenvalue weighted by Gasteiger charge is -2.22. The number of nitrogens with one attached hydrogen (secondary N) is 1. The van der Waals surface area contributed by atoms with Gasteiger partial charge in [0.05, 0.1) is 18.4 Å². The van der Waals surface area contributed by atoms with Gasteiger partial charge in [-0.2, -0.15) is 0 Å². The molecule has 0 aromatic carbocycles. The Morgan fingerprint density at radius 1 is 1.55 bits per heavy atom. The summed E-state index contributed by atoms with van der Waals surface area (Å²) in [5.41, 5.74) is 6.66. The number of anilines is 2. The molecule has 6 nitrogen and oxygen atoms in total. The molecule has 0 amide bonds. The molecule has 2 heterocycles. The zero-order valence-corrected chi connectivity index (χ0v) is 12.1. The van der Waals surface area contributed by atoms with E-state index in [1.807, 2.05) is 0 Å². The molecule has 1 atom stereocenters. The minimum atomic E-state index is -0.444. The summed E-state index contributed by atoms with van der Waals surface area (Å²) in [5, 5.41) is 3.27. The van der Waals surface area contributed by atoms with Crippen LogP contribution in [0.1, 0.15) is 30.1 Å². The summed E-state index contributed by atoms with van der Waals surface area (Å²) in [7, 11) is 1.34. The summed E-state index contributed by atoms with van der Waals surface area (Å²) in [6.07, 6.45) is 4.10. The van der Waals surface area contributed by atoms with Crippen molar-refractivity contribution in [3.8, 4) is 0 Å². The lowest BCUT2D eigenvalue weighted by atomic mass is 10.2. The van der Waals surface area contributed by atoms with Crippen LogP contribution in [0.5, 0.6) is 0 Å². The third-order valence-corrected chi connectivity index (χ3v) is 3.51. The van der Waals surface area contributed by atoms with Gasteiger partial charge in [0.15, 0.2) is 0 Å². The number of likely N-dealkylation sites (tertiary alicyclic amines) is 1. The lowest BCUT2D eigenvalue weighted by Crippen LogP contribution is -2.33. The molecule has 0 aliphatic carbocycles. The summed E-state index contributed by atoms with van der Waals surface area (Å²) < 4.78 is 4.70. The molecule has 0 saturated carbocycles. The second-order valence-electron chi connectivity index (χ2n) is 5.17. The van der Waals surface area contributed by atoms with Gasteiger partial charge in [-0.3, -0.25) is 0 Å². The van der Waals surface area contributed by atoms with E-state index in [9.17, 15) is 4.79 Å². The van der Waals surface area contributed by atoms with Crippen molar-refractivity contribution in [2.24, 2.45) is 0 Å². The van der Waals surface area contributed by atoms with Gasteiger partial charge in [0, 0.05) is 18.8 Å². The van der Waals surface area contributed by atoms with Gasteiger partial charge < -0.3 is 20.7 Å². The van der Waals surface area contributed by atoms with Crippen LogP contribution in [0.4, 0.5) is 11.5 Å². The first-order valence-corrected chi connectivity index (χ1v) is 6.93. The van der Waals surface area contributed by atoms with E-state index in [4.69, 9.17) is 10.5 Å². The summed E-state index contributed by atoms with van der Waals surface area (Å²) in [6, 6.07) is 1.79. The Balaban J connectivity index is 2.03. The second-order valence-corrected chi connectivity index (χ2v) is 5.17. The molecule has 6 heteroatoms. The minimum absolute atomic E-state index is 0.218. The number of methoxy groups -OCH3 is 1. The van der Waals surface area contributed by atoms with Gasteiger partial charge in [-0.05, 0) is 38.9 Å². The Hall–Kier alpha value is -1.82. The van der Waals surface area contributed by atoms with Crippen molar-refractivity contribution in [3.63, 3.8) is 0 Å². The Morgan fingerprint density at radius 3 is 2.90 bits per heavy atom. The number of rotatable bonds is 5. The Bertz CT molecular complexity index is 472. The molecule has 1 fully saturated rings. The molecule has 1 aromatic rings. The number of ether oxygens (including phenoxy) is 1. The Kier molecular flexibility index (Phi) is 4.79. The molecule has 1 aliphatic rings. The maximum absolute atomic E-state index is 11.6. The third-order valence-electron chi connectivity index (χ3n) is 3.51. The minimum Gasteiger partial charge on any atom is -0.465 e. The molecule has 0 bridgehead atoms. The number of hydrogen-bond donors (Lipinski definition) is 2. The zero-order valence-electron chi connectivity index (χ0n) is 12.1. The molecule has 0 radical (unpaired) electrons. The fraction of sp³-hybridized carbons (Fsp3) is 0.571. The van der Waals surface area contributed by atoms with E-state index in [-0.39, 0.29) is 6.04 Å². The fourth-order valence-electron chi connectivity index (χ4n) is 2.51. The number of nitrogens with two attached hydrogens (primary N) is 1. The van der Waals surface area contributed by atoms with Crippen LogP contribution in [-0.4, -0.2) is 48.6 Å². The van der Waals surface area contributed by atoms with Gasteiger partial charge in [-0.1, -0.05) is 0 Å². The van der Waals surface area contributed by atoms with Crippen LogP contribution in [0.25, 0.3) is 0 Å². The van der Waals surface area contributed by atoms with Crippen LogP contribution >= 0.6 is 0 Å². The number of aromatic nitrogens is 1. The maximum atomic E-state index is 11.6. The highest BCUT2D eigenvalue weighted by Crippen LogP contribution is 2.21. The molecular weight excluding hydrogens is 256 g/mol. The molecule has 1 unspecified atom stereocenters. The standard InChI is InChI=1S/C14H22N4O2/c1-10(9-18-7-3-4-8-18)17-13-12(15)11(5-6-16-13)14(19)20-2/h5-6,10H,3-4,7-9,15H2,1-2H3,(H,16,17). The van der Waals surface area contributed by atoms with Gasteiger partial charge in [0.1, 0.15) is 5.82 Å². The summed E-state index contributed by atoms with van der Waals surface area (Å²) in [6.45, 7) is 5.34. The van der Waals surface area contributed by atoms with E-state index in [0.717, 1.165) is 19.6 Å². The number of hydrogen-bond acceptors (Lipinski definition) is 6. The van der Waals surface area contributed by atoms with Gasteiger partial charge in [-0.15, -0.1) is 0 Å². The first-order chi connectivity index (χ1) is 9.61. The predicted molar refractivity (Wildman–Crippen MR) is 78.7 cm³/mol. The topological polar surface area (TPSA) is 80.5 Å². The van der Waals surface area contributed by atoms with Crippen LogP contribution < -0.4 is 11.1 Å². The number of nitrogens with zero attached hydrogens (tertiary/aromatic N) is 2. The molecule has 3 N–H and O–H groups in total. The van der Waals surface area contributed by atoms with Crippen molar-refractivity contribution < 1.29 is 9.53 Å². The van der Waals surface area contributed by atoms with E-state index >= 15 is 0 Å². The SMILES string of the molecule is COC(=O)c1ccnc(NC(C)CN2CCCC2)c1N. The summed E-state index contributed by atoms with van der Waals surface area (Å²) >= 11 is 0. The second kappa shape index (κ2) is 6.56. The van der Waals surface area contributed by atoms with Crippen LogP contribution in [0.3, 0.4) is 0 Å². The van der Waals surface area contributed by atoms with Crippen molar-refractivity contribution in [1.29, 1.82) is 0 Å². The maximum Gasteiger partial charge on any atom is 0.340 e. The largest absolute Gasteiger partial charge is 0.465 e. The number of nitrogen functional groups attached to an aromatic ring is 1. The molecule has 1 saturated heterocycles. The quantitative estimate of drug-likeness (QED) is 0.791. The van der Waals surface area contributed by atoms with Crippen molar-refractivity contribution in [2.75, 3.05) is 37.8 Å². The lowest BCUT2D eigenvalue weighted by molar-refractivity contribution is 0.0602. The van der Waals surface area contributed by atoms with Crippen molar-refractivity contribution >= 4 is 17.5 Å².